The molecule has 0 N–H and O–H groups in total. The number of thioether (sulfide) groups is 1. The molecule has 0 unspecified atom stereocenters. The fraction of sp³-hybridized carbons (Fsp3) is 0.185. The largest absolute Gasteiger partial charge is 0.448 e. The normalized spacial score (nSPS) is 21.2. The third-order valence-electron chi connectivity index (χ3n) is 11.7. The van der Waals surface area contributed by atoms with Gasteiger partial charge in [0.15, 0.2) is 5.76 Å². The van der Waals surface area contributed by atoms with Crippen LogP contribution in [0.5, 0.6) is 5.75 Å². The minimum atomic E-state index is -0.185. The summed E-state index contributed by atoms with van der Waals surface area (Å²) in [6, 6.07) is 21.7. The van der Waals surface area contributed by atoms with Crippen LogP contribution in [0.1, 0.15) is 73.4 Å². The zero-order chi connectivity index (χ0) is 39.5. The first-order valence-electron chi connectivity index (χ1n) is 19.9. The SMILES string of the molecule is C=C1C#C/C=C\Cc2ccc3c(c2O1)C1=C(C[C@@H](N(C2=CC=C(c4cccc5c4SC/C=C\C=C/C5=C)CC2)C(/C=C\C(=C)c2ccccc2)=C/C)C=C1)C3(C)C. The number of hydrogen-bond donors (Lipinski definition) is 0. The molecular formula is C54H49NOS. The molecule has 5 aliphatic rings. The molecule has 0 aromatic heterocycles. The highest BCUT2D eigenvalue weighted by Crippen LogP contribution is 2.55. The Labute approximate surface area is 343 Å². The van der Waals surface area contributed by atoms with Gasteiger partial charge in [0.05, 0.1) is 6.04 Å². The average molecular weight is 760 g/mol. The minimum absolute atomic E-state index is 0.104. The van der Waals surface area contributed by atoms with Gasteiger partial charge in [0.1, 0.15) is 5.75 Å². The lowest BCUT2D eigenvalue weighted by Gasteiger charge is -2.39. The number of allylic oxidation sites excluding steroid dienone is 17. The van der Waals surface area contributed by atoms with Crippen molar-refractivity contribution < 1.29 is 4.74 Å². The highest BCUT2D eigenvalue weighted by atomic mass is 32.2. The van der Waals surface area contributed by atoms with Crippen LogP contribution in [0, 0.1) is 11.8 Å². The minimum Gasteiger partial charge on any atom is -0.448 e. The number of nitrogens with zero attached hydrogens (tertiary/aromatic N) is 1. The smallest absolute Gasteiger partial charge is 0.170 e. The van der Waals surface area contributed by atoms with E-state index in [1.165, 1.54) is 49.6 Å². The third-order valence-corrected chi connectivity index (χ3v) is 12.7. The molecule has 0 saturated carbocycles. The molecule has 0 radical (unpaired) electrons. The van der Waals surface area contributed by atoms with Crippen LogP contribution in [0.2, 0.25) is 0 Å². The van der Waals surface area contributed by atoms with E-state index < -0.39 is 0 Å². The monoisotopic (exact) mass is 759 g/mol. The van der Waals surface area contributed by atoms with Crippen molar-refractivity contribution in [1.29, 1.82) is 0 Å². The molecular weight excluding hydrogens is 711 g/mol. The Hall–Kier alpha value is -5.95. The van der Waals surface area contributed by atoms with Crippen LogP contribution in [-0.4, -0.2) is 16.7 Å². The molecule has 0 amide bonds. The standard InChI is InChI=1S/C54H49NOS/c1-7-43(29-25-37(2)40-20-13-9-14-21-40)55(44-30-26-41(27-31-44)47-24-17-23-46-38(3)18-11-10-16-35-57-53(46)47)45-32-33-48-50(36-45)54(5,6)49-34-28-42-22-15-8-12-19-39(4)56-52(42)51(48)49/h7-11,13-18,20-21,23-26,28-30,32-34,45H,2-4,22,27,31,35-36H2,1,5-6H3/b15-8-,16-10-,18-11-,29-25-,43-7+/t45-/m0/s1. The fourth-order valence-electron chi connectivity index (χ4n) is 8.67. The molecule has 8 rings (SSSR count). The van der Waals surface area contributed by atoms with Gasteiger partial charge in [-0.2, -0.15) is 0 Å². The molecule has 2 aliphatic heterocycles. The van der Waals surface area contributed by atoms with E-state index in [1.54, 1.807) is 0 Å². The van der Waals surface area contributed by atoms with Gasteiger partial charge in [-0.1, -0.05) is 154 Å². The first kappa shape index (κ1) is 37.9. The van der Waals surface area contributed by atoms with E-state index in [9.17, 15) is 0 Å². The maximum absolute atomic E-state index is 6.48. The van der Waals surface area contributed by atoms with Crippen LogP contribution in [0.25, 0.3) is 22.3 Å². The molecule has 0 saturated heterocycles. The predicted molar refractivity (Wildman–Crippen MR) is 244 cm³/mol. The van der Waals surface area contributed by atoms with Crippen molar-refractivity contribution in [2.24, 2.45) is 0 Å². The summed E-state index contributed by atoms with van der Waals surface area (Å²) in [6.07, 6.45) is 32.2. The second-order valence-electron chi connectivity index (χ2n) is 15.5. The van der Waals surface area contributed by atoms with Gasteiger partial charge in [-0.25, -0.2) is 0 Å². The van der Waals surface area contributed by atoms with Crippen molar-refractivity contribution in [3.05, 3.63) is 215 Å². The number of ether oxygens (including phenoxy) is 1. The van der Waals surface area contributed by atoms with Crippen LogP contribution >= 0.6 is 11.8 Å². The Morgan fingerprint density at radius 1 is 0.930 bits per heavy atom. The van der Waals surface area contributed by atoms with E-state index >= 15 is 0 Å². The lowest BCUT2D eigenvalue weighted by molar-refractivity contribution is 0.346. The molecule has 2 heterocycles. The maximum Gasteiger partial charge on any atom is 0.170 e. The molecule has 0 fully saturated rings. The molecule has 0 spiro atoms. The summed E-state index contributed by atoms with van der Waals surface area (Å²) in [5, 5.41) is 0. The zero-order valence-electron chi connectivity index (χ0n) is 33.3. The average Bonchev–Trinajstić information content (AvgIpc) is 3.55. The van der Waals surface area contributed by atoms with Gasteiger partial charge in [-0.3, -0.25) is 0 Å². The Bertz CT molecular complexity index is 2530. The maximum atomic E-state index is 6.48. The summed E-state index contributed by atoms with van der Waals surface area (Å²) in [5.41, 5.74) is 15.6. The van der Waals surface area contributed by atoms with Crippen molar-refractivity contribution in [1.82, 2.24) is 4.90 Å². The number of rotatable bonds is 7. The molecule has 3 heteroatoms. The Balaban J connectivity index is 1.18. The van der Waals surface area contributed by atoms with Crippen molar-refractivity contribution in [3.8, 4) is 17.6 Å². The van der Waals surface area contributed by atoms with Crippen LogP contribution in [0.3, 0.4) is 0 Å². The summed E-state index contributed by atoms with van der Waals surface area (Å²) < 4.78 is 6.48. The highest BCUT2D eigenvalue weighted by Gasteiger charge is 2.42. The lowest BCUT2D eigenvalue weighted by atomic mass is 9.77. The van der Waals surface area contributed by atoms with Gasteiger partial charge < -0.3 is 9.64 Å². The molecule has 3 aliphatic carbocycles. The van der Waals surface area contributed by atoms with Crippen LogP contribution < -0.4 is 4.74 Å². The third kappa shape index (κ3) is 7.51. The van der Waals surface area contributed by atoms with Crippen molar-refractivity contribution >= 4 is 34.1 Å². The van der Waals surface area contributed by atoms with Crippen molar-refractivity contribution in [3.63, 3.8) is 0 Å². The Kier molecular flexibility index (Phi) is 10.8. The van der Waals surface area contributed by atoms with Crippen LogP contribution in [0.15, 0.2) is 187 Å². The molecule has 282 valence electrons. The van der Waals surface area contributed by atoms with E-state index in [1.807, 2.05) is 23.9 Å². The number of benzene rings is 3. The molecule has 0 bridgehead atoms. The fourth-order valence-corrected chi connectivity index (χ4v) is 9.75. The summed E-state index contributed by atoms with van der Waals surface area (Å²) in [5.74, 6) is 8.40. The lowest BCUT2D eigenvalue weighted by Crippen LogP contribution is -2.35. The van der Waals surface area contributed by atoms with Gasteiger partial charge in [0.25, 0.3) is 0 Å². The van der Waals surface area contributed by atoms with E-state index in [0.717, 1.165) is 65.2 Å². The first-order chi connectivity index (χ1) is 27.7. The van der Waals surface area contributed by atoms with E-state index in [-0.39, 0.29) is 11.5 Å². The topological polar surface area (TPSA) is 12.5 Å². The van der Waals surface area contributed by atoms with Gasteiger partial charge in [-0.15, -0.1) is 11.8 Å². The Morgan fingerprint density at radius 2 is 1.77 bits per heavy atom. The summed E-state index contributed by atoms with van der Waals surface area (Å²) in [4.78, 5) is 3.88. The van der Waals surface area contributed by atoms with Crippen LogP contribution in [0.4, 0.5) is 0 Å². The molecule has 2 nitrogen and oxygen atoms in total. The first-order valence-corrected chi connectivity index (χ1v) is 20.9. The van der Waals surface area contributed by atoms with Gasteiger partial charge in [0, 0.05) is 33.0 Å². The second kappa shape index (κ2) is 16.3. The summed E-state index contributed by atoms with van der Waals surface area (Å²) in [7, 11) is 0. The van der Waals surface area contributed by atoms with Crippen molar-refractivity contribution in [2.75, 3.05) is 5.75 Å². The molecule has 57 heavy (non-hydrogen) atoms. The zero-order valence-corrected chi connectivity index (χ0v) is 34.1. The van der Waals surface area contributed by atoms with Crippen molar-refractivity contribution in [2.45, 2.75) is 62.8 Å². The molecule has 3 aromatic carbocycles. The van der Waals surface area contributed by atoms with Gasteiger partial charge in [0.2, 0.25) is 0 Å². The molecule has 1 atom stereocenters. The van der Waals surface area contributed by atoms with Gasteiger partial charge >= 0.3 is 0 Å². The second-order valence-corrected chi connectivity index (χ2v) is 16.5. The van der Waals surface area contributed by atoms with E-state index in [2.05, 4.69) is 185 Å². The summed E-state index contributed by atoms with van der Waals surface area (Å²) >= 11 is 1.90. The van der Waals surface area contributed by atoms with Crippen LogP contribution in [-0.2, 0) is 11.8 Å². The highest BCUT2D eigenvalue weighted by molar-refractivity contribution is 7.99. The molecule has 3 aromatic rings. The van der Waals surface area contributed by atoms with E-state index in [0.29, 0.717) is 5.76 Å². The van der Waals surface area contributed by atoms with E-state index in [4.69, 9.17) is 4.74 Å². The number of fused-ring (bicyclic) bond motifs is 5. The quantitative estimate of drug-likeness (QED) is 0.176. The predicted octanol–water partition coefficient (Wildman–Crippen LogP) is 13.5. The van der Waals surface area contributed by atoms with Gasteiger partial charge in [-0.05, 0) is 119 Å². The summed E-state index contributed by atoms with van der Waals surface area (Å²) in [6.45, 7) is 19.9. The number of hydrogen-bond acceptors (Lipinski definition) is 3. The Morgan fingerprint density at radius 3 is 2.58 bits per heavy atom.